The Bertz CT molecular complexity index is 679. The van der Waals surface area contributed by atoms with Gasteiger partial charge in [0.05, 0.1) is 0 Å². The van der Waals surface area contributed by atoms with Gasteiger partial charge < -0.3 is 11.1 Å². The summed E-state index contributed by atoms with van der Waals surface area (Å²) in [5.74, 6) is -0.945. The van der Waals surface area contributed by atoms with E-state index >= 15 is 0 Å². The van der Waals surface area contributed by atoms with Crippen molar-refractivity contribution in [2.45, 2.75) is 13.0 Å². The summed E-state index contributed by atoms with van der Waals surface area (Å²) in [5.41, 5.74) is 7.81. The number of nitrogens with one attached hydrogen (secondary N) is 1. The van der Waals surface area contributed by atoms with Gasteiger partial charge in [0.2, 0.25) is 11.8 Å². The highest BCUT2D eigenvalue weighted by Crippen LogP contribution is 2.14. The minimum atomic E-state index is -0.839. The molecule has 2 aromatic rings. The summed E-state index contributed by atoms with van der Waals surface area (Å²) in [5, 5.41) is 2.64. The molecule has 2 aromatic carbocycles. The van der Waals surface area contributed by atoms with Crippen molar-refractivity contribution in [3.63, 3.8) is 0 Å². The van der Waals surface area contributed by atoms with Gasteiger partial charge in [0, 0.05) is 6.08 Å². The van der Waals surface area contributed by atoms with Crippen molar-refractivity contribution in [1.82, 2.24) is 5.32 Å². The molecule has 22 heavy (non-hydrogen) atoms. The first-order valence-corrected chi connectivity index (χ1v) is 6.96. The van der Waals surface area contributed by atoms with Crippen LogP contribution in [0.2, 0.25) is 0 Å². The molecule has 1 unspecified atom stereocenters. The van der Waals surface area contributed by atoms with Crippen LogP contribution in [0.1, 0.15) is 24.1 Å². The first kappa shape index (κ1) is 15.5. The molecule has 2 rings (SSSR count). The fraction of sp³-hybridized carbons (Fsp3) is 0.111. The lowest BCUT2D eigenvalue weighted by molar-refractivity contribution is -0.125. The number of amides is 2. The largest absolute Gasteiger partial charge is 0.368 e. The van der Waals surface area contributed by atoms with Crippen LogP contribution in [-0.4, -0.2) is 11.8 Å². The van der Waals surface area contributed by atoms with Gasteiger partial charge in [0.25, 0.3) is 0 Å². The molecule has 112 valence electrons. The van der Waals surface area contributed by atoms with Gasteiger partial charge in [-0.05, 0) is 23.6 Å². The molecule has 1 atom stereocenters. The summed E-state index contributed by atoms with van der Waals surface area (Å²) >= 11 is 0. The summed E-state index contributed by atoms with van der Waals surface area (Å²) in [6, 6.07) is 17.6. The van der Waals surface area contributed by atoms with E-state index in [0.717, 1.165) is 11.1 Å². The van der Waals surface area contributed by atoms with E-state index in [4.69, 9.17) is 5.73 Å². The minimum Gasteiger partial charge on any atom is -0.368 e. The van der Waals surface area contributed by atoms with E-state index in [2.05, 4.69) is 5.32 Å². The molecule has 4 heteroatoms. The Kier molecular flexibility index (Phi) is 5.09. The second-order valence-electron chi connectivity index (χ2n) is 4.95. The van der Waals surface area contributed by atoms with Crippen molar-refractivity contribution in [3.05, 3.63) is 77.9 Å². The van der Waals surface area contributed by atoms with Crippen LogP contribution >= 0.6 is 0 Å². The van der Waals surface area contributed by atoms with E-state index in [0.29, 0.717) is 5.56 Å². The SMILES string of the molecule is C/C(=C/C(=O)NC(C(N)=O)c1ccccc1)c1ccccc1. The molecule has 4 nitrogen and oxygen atoms in total. The van der Waals surface area contributed by atoms with Crippen LogP contribution < -0.4 is 11.1 Å². The highest BCUT2D eigenvalue weighted by Gasteiger charge is 2.19. The van der Waals surface area contributed by atoms with Gasteiger partial charge in [0.1, 0.15) is 6.04 Å². The maximum absolute atomic E-state index is 12.1. The van der Waals surface area contributed by atoms with Crippen molar-refractivity contribution in [3.8, 4) is 0 Å². The van der Waals surface area contributed by atoms with Gasteiger partial charge in [-0.1, -0.05) is 60.7 Å². The van der Waals surface area contributed by atoms with Crippen molar-refractivity contribution in [1.29, 1.82) is 0 Å². The van der Waals surface area contributed by atoms with Crippen molar-refractivity contribution >= 4 is 17.4 Å². The third-order valence-electron chi connectivity index (χ3n) is 3.28. The smallest absolute Gasteiger partial charge is 0.245 e. The Morgan fingerprint density at radius 1 is 1.00 bits per heavy atom. The van der Waals surface area contributed by atoms with E-state index in [1.165, 1.54) is 6.08 Å². The first-order valence-electron chi connectivity index (χ1n) is 6.96. The number of rotatable bonds is 5. The second kappa shape index (κ2) is 7.22. The molecular formula is C18H18N2O2. The highest BCUT2D eigenvalue weighted by atomic mass is 16.2. The van der Waals surface area contributed by atoms with Crippen molar-refractivity contribution < 1.29 is 9.59 Å². The predicted molar refractivity (Wildman–Crippen MR) is 86.6 cm³/mol. The molecule has 0 aliphatic rings. The number of hydrogen-bond donors (Lipinski definition) is 2. The van der Waals surface area contributed by atoms with Crippen LogP contribution in [-0.2, 0) is 9.59 Å². The van der Waals surface area contributed by atoms with Crippen LogP contribution in [0, 0.1) is 0 Å². The molecule has 0 saturated carbocycles. The van der Waals surface area contributed by atoms with E-state index < -0.39 is 11.9 Å². The van der Waals surface area contributed by atoms with Gasteiger partial charge in [-0.3, -0.25) is 9.59 Å². The minimum absolute atomic E-state index is 0.353. The monoisotopic (exact) mass is 294 g/mol. The topological polar surface area (TPSA) is 72.2 Å². The Morgan fingerprint density at radius 2 is 1.55 bits per heavy atom. The van der Waals surface area contributed by atoms with Crippen molar-refractivity contribution in [2.75, 3.05) is 0 Å². The fourth-order valence-corrected chi connectivity index (χ4v) is 2.13. The zero-order valence-corrected chi connectivity index (χ0v) is 12.3. The van der Waals surface area contributed by atoms with Crippen LogP contribution in [0.15, 0.2) is 66.7 Å². The zero-order chi connectivity index (χ0) is 15.9. The zero-order valence-electron chi connectivity index (χ0n) is 12.3. The molecule has 2 amide bonds. The van der Waals surface area contributed by atoms with Crippen molar-refractivity contribution in [2.24, 2.45) is 5.73 Å². The van der Waals surface area contributed by atoms with Crippen LogP contribution in [0.4, 0.5) is 0 Å². The van der Waals surface area contributed by atoms with Gasteiger partial charge >= 0.3 is 0 Å². The van der Waals surface area contributed by atoms with Crippen LogP contribution in [0.25, 0.3) is 5.57 Å². The van der Waals surface area contributed by atoms with Gasteiger partial charge in [-0.2, -0.15) is 0 Å². The molecule has 0 bridgehead atoms. The summed E-state index contributed by atoms with van der Waals surface area (Å²) in [6.45, 7) is 1.84. The van der Waals surface area contributed by atoms with Crippen LogP contribution in [0.3, 0.4) is 0 Å². The normalized spacial score (nSPS) is 12.5. The molecule has 0 heterocycles. The van der Waals surface area contributed by atoms with Gasteiger partial charge in [-0.15, -0.1) is 0 Å². The maximum Gasteiger partial charge on any atom is 0.245 e. The molecule has 0 radical (unpaired) electrons. The molecule has 0 aliphatic heterocycles. The number of nitrogens with two attached hydrogens (primary N) is 1. The average molecular weight is 294 g/mol. The number of carbonyl (C=O) groups is 2. The molecule has 0 aromatic heterocycles. The number of hydrogen-bond acceptors (Lipinski definition) is 2. The lowest BCUT2D eigenvalue weighted by Crippen LogP contribution is -2.36. The maximum atomic E-state index is 12.1. The Balaban J connectivity index is 2.14. The van der Waals surface area contributed by atoms with E-state index in [9.17, 15) is 9.59 Å². The summed E-state index contributed by atoms with van der Waals surface area (Å²) in [7, 11) is 0. The number of benzene rings is 2. The first-order chi connectivity index (χ1) is 10.6. The third-order valence-corrected chi connectivity index (χ3v) is 3.28. The molecule has 0 saturated heterocycles. The second-order valence-corrected chi connectivity index (χ2v) is 4.95. The summed E-state index contributed by atoms with van der Waals surface area (Å²) < 4.78 is 0. The molecule has 0 aliphatic carbocycles. The molecule has 0 spiro atoms. The highest BCUT2D eigenvalue weighted by molar-refractivity contribution is 5.97. The number of allylic oxidation sites excluding steroid dienone is 1. The van der Waals surface area contributed by atoms with Gasteiger partial charge in [0.15, 0.2) is 0 Å². The van der Waals surface area contributed by atoms with E-state index in [-0.39, 0.29) is 5.91 Å². The average Bonchev–Trinajstić information content (AvgIpc) is 2.54. The lowest BCUT2D eigenvalue weighted by Gasteiger charge is -2.15. The molecular weight excluding hydrogens is 276 g/mol. The number of primary amides is 1. The summed E-state index contributed by atoms with van der Waals surface area (Å²) in [4.78, 5) is 23.7. The Labute approximate surface area is 129 Å². The predicted octanol–water partition coefficient (Wildman–Crippen LogP) is 2.43. The summed E-state index contributed by atoms with van der Waals surface area (Å²) in [6.07, 6.45) is 1.47. The van der Waals surface area contributed by atoms with Gasteiger partial charge in [-0.25, -0.2) is 0 Å². The van der Waals surface area contributed by atoms with E-state index in [1.54, 1.807) is 24.3 Å². The number of carbonyl (C=O) groups excluding carboxylic acids is 2. The Hall–Kier alpha value is -2.88. The van der Waals surface area contributed by atoms with Crippen LogP contribution in [0.5, 0.6) is 0 Å². The Morgan fingerprint density at radius 3 is 2.09 bits per heavy atom. The van der Waals surface area contributed by atoms with E-state index in [1.807, 2.05) is 43.3 Å². The quantitative estimate of drug-likeness (QED) is 0.831. The molecule has 0 fully saturated rings. The lowest BCUT2D eigenvalue weighted by atomic mass is 10.1. The third kappa shape index (κ3) is 4.06. The standard InChI is InChI=1S/C18H18N2O2/c1-13(14-8-4-2-5-9-14)12-16(21)20-17(18(19)22)15-10-6-3-7-11-15/h2-12,17H,1H3,(H2,19,22)(H,20,21)/b13-12-. The fourth-order valence-electron chi connectivity index (χ4n) is 2.13. The molecule has 3 N–H and O–H groups in total.